The van der Waals surface area contributed by atoms with Gasteiger partial charge in [-0.05, 0) is 37.3 Å². The quantitative estimate of drug-likeness (QED) is 0.919. The van der Waals surface area contributed by atoms with E-state index in [1.807, 2.05) is 17.9 Å². The van der Waals surface area contributed by atoms with Crippen molar-refractivity contribution in [1.82, 2.24) is 4.90 Å². The Bertz CT molecular complexity index is 464. The zero-order valence-electron chi connectivity index (χ0n) is 12.0. The summed E-state index contributed by atoms with van der Waals surface area (Å²) in [5.74, 6) is -0.122. The molecule has 1 amide bonds. The number of hydrogen-bond acceptors (Lipinski definition) is 2. The van der Waals surface area contributed by atoms with E-state index in [4.69, 9.17) is 5.73 Å². The van der Waals surface area contributed by atoms with E-state index in [0.29, 0.717) is 24.9 Å². The molecule has 0 spiro atoms. The molecule has 0 bridgehead atoms. The Morgan fingerprint density at radius 2 is 2.25 bits per heavy atom. The van der Waals surface area contributed by atoms with E-state index in [-0.39, 0.29) is 23.7 Å². The highest BCUT2D eigenvalue weighted by Crippen LogP contribution is 2.17. The maximum Gasteiger partial charge on any atom is 0.225 e. The van der Waals surface area contributed by atoms with Crippen LogP contribution in [0, 0.1) is 11.7 Å². The molecule has 2 rings (SSSR count). The van der Waals surface area contributed by atoms with E-state index in [0.717, 1.165) is 19.4 Å². The molecular weight excluding hydrogens is 255 g/mol. The van der Waals surface area contributed by atoms with Crippen LogP contribution in [0.15, 0.2) is 24.3 Å². The van der Waals surface area contributed by atoms with Gasteiger partial charge >= 0.3 is 0 Å². The average molecular weight is 278 g/mol. The van der Waals surface area contributed by atoms with Gasteiger partial charge in [0, 0.05) is 25.0 Å². The third-order valence-corrected chi connectivity index (χ3v) is 4.00. The second kappa shape index (κ2) is 6.84. The fourth-order valence-electron chi connectivity index (χ4n) is 2.72. The van der Waals surface area contributed by atoms with Gasteiger partial charge in [0.15, 0.2) is 0 Å². The lowest BCUT2D eigenvalue weighted by atomic mass is 9.98. The Morgan fingerprint density at radius 3 is 2.95 bits per heavy atom. The van der Waals surface area contributed by atoms with Crippen LogP contribution in [0.5, 0.6) is 0 Å². The second-order valence-electron chi connectivity index (χ2n) is 5.72. The van der Waals surface area contributed by atoms with Crippen molar-refractivity contribution in [3.63, 3.8) is 0 Å². The van der Waals surface area contributed by atoms with Crippen LogP contribution >= 0.6 is 0 Å². The average Bonchev–Trinajstić information content (AvgIpc) is 2.45. The smallest absolute Gasteiger partial charge is 0.225 e. The molecule has 0 radical (unpaired) electrons. The van der Waals surface area contributed by atoms with Gasteiger partial charge in [0.1, 0.15) is 5.82 Å². The number of likely N-dealkylation sites (tertiary alicyclic amines) is 1. The highest BCUT2D eigenvalue weighted by atomic mass is 19.1. The lowest BCUT2D eigenvalue weighted by Gasteiger charge is -2.32. The molecule has 3 nitrogen and oxygen atoms in total. The van der Waals surface area contributed by atoms with Crippen LogP contribution in [0.25, 0.3) is 0 Å². The first-order valence-corrected chi connectivity index (χ1v) is 7.35. The number of carbonyl (C=O) groups is 1. The number of benzene rings is 1. The number of halogens is 1. The molecule has 1 aliphatic rings. The van der Waals surface area contributed by atoms with Gasteiger partial charge in [-0.2, -0.15) is 0 Å². The molecule has 20 heavy (non-hydrogen) atoms. The fourth-order valence-corrected chi connectivity index (χ4v) is 2.72. The first-order valence-electron chi connectivity index (χ1n) is 7.35. The van der Waals surface area contributed by atoms with Gasteiger partial charge in [-0.1, -0.05) is 25.1 Å². The van der Waals surface area contributed by atoms with Gasteiger partial charge in [-0.3, -0.25) is 4.79 Å². The molecule has 0 aliphatic carbocycles. The van der Waals surface area contributed by atoms with Crippen molar-refractivity contribution in [1.29, 1.82) is 0 Å². The molecule has 2 N–H and O–H groups in total. The SMILES string of the molecule is C[C@@H](CCc1ccccc1F)C(=O)N1CCC[C@H](N)C1. The predicted molar refractivity (Wildman–Crippen MR) is 77.7 cm³/mol. The number of carbonyl (C=O) groups excluding carboxylic acids is 1. The van der Waals surface area contributed by atoms with Crippen molar-refractivity contribution in [2.75, 3.05) is 13.1 Å². The molecule has 1 heterocycles. The van der Waals surface area contributed by atoms with Gasteiger partial charge in [-0.15, -0.1) is 0 Å². The monoisotopic (exact) mass is 278 g/mol. The van der Waals surface area contributed by atoms with Crippen LogP contribution in [0.1, 0.15) is 31.7 Å². The number of nitrogens with two attached hydrogens (primary N) is 1. The minimum atomic E-state index is -0.188. The summed E-state index contributed by atoms with van der Waals surface area (Å²) in [6.45, 7) is 3.38. The lowest BCUT2D eigenvalue weighted by Crippen LogP contribution is -2.47. The molecule has 2 atom stereocenters. The third kappa shape index (κ3) is 3.79. The summed E-state index contributed by atoms with van der Waals surface area (Å²) < 4.78 is 13.5. The van der Waals surface area contributed by atoms with Gasteiger partial charge in [0.2, 0.25) is 5.91 Å². The Hall–Kier alpha value is -1.42. The van der Waals surface area contributed by atoms with E-state index in [2.05, 4.69) is 0 Å². The Kier molecular flexibility index (Phi) is 5.12. The maximum atomic E-state index is 13.5. The van der Waals surface area contributed by atoms with Gasteiger partial charge in [0.25, 0.3) is 0 Å². The molecule has 1 aliphatic heterocycles. The van der Waals surface area contributed by atoms with E-state index >= 15 is 0 Å². The largest absolute Gasteiger partial charge is 0.341 e. The van der Waals surface area contributed by atoms with E-state index in [9.17, 15) is 9.18 Å². The molecule has 0 saturated carbocycles. The second-order valence-corrected chi connectivity index (χ2v) is 5.72. The molecule has 0 aromatic heterocycles. The molecular formula is C16H23FN2O. The summed E-state index contributed by atoms with van der Waals surface area (Å²) in [5.41, 5.74) is 6.59. The van der Waals surface area contributed by atoms with Crippen LogP contribution in [0.4, 0.5) is 4.39 Å². The maximum absolute atomic E-state index is 13.5. The molecule has 1 aromatic rings. The normalized spacial score (nSPS) is 20.8. The van der Waals surface area contributed by atoms with Crippen molar-refractivity contribution < 1.29 is 9.18 Å². The van der Waals surface area contributed by atoms with Crippen LogP contribution < -0.4 is 5.73 Å². The summed E-state index contributed by atoms with van der Waals surface area (Å²) in [7, 11) is 0. The van der Waals surface area contributed by atoms with Crippen LogP contribution in [-0.4, -0.2) is 29.9 Å². The van der Waals surface area contributed by atoms with Crippen molar-refractivity contribution >= 4 is 5.91 Å². The van der Waals surface area contributed by atoms with Gasteiger partial charge < -0.3 is 10.6 Å². The molecule has 1 saturated heterocycles. The minimum absolute atomic E-state index is 0.0834. The molecule has 1 fully saturated rings. The van der Waals surface area contributed by atoms with Crippen LogP contribution in [0.3, 0.4) is 0 Å². The first-order chi connectivity index (χ1) is 9.58. The summed E-state index contributed by atoms with van der Waals surface area (Å²) in [4.78, 5) is 14.2. The van der Waals surface area contributed by atoms with Crippen molar-refractivity contribution in [3.05, 3.63) is 35.6 Å². The Labute approximate surface area is 120 Å². The fraction of sp³-hybridized carbons (Fsp3) is 0.562. The van der Waals surface area contributed by atoms with E-state index < -0.39 is 0 Å². The zero-order valence-corrected chi connectivity index (χ0v) is 12.0. The number of hydrogen-bond donors (Lipinski definition) is 1. The van der Waals surface area contributed by atoms with Crippen molar-refractivity contribution in [2.24, 2.45) is 11.7 Å². The zero-order chi connectivity index (χ0) is 14.5. The molecule has 4 heteroatoms. The topological polar surface area (TPSA) is 46.3 Å². The van der Waals surface area contributed by atoms with E-state index in [1.165, 1.54) is 6.07 Å². The lowest BCUT2D eigenvalue weighted by molar-refractivity contribution is -0.136. The molecule has 0 unspecified atom stereocenters. The number of nitrogens with zero attached hydrogens (tertiary/aromatic N) is 1. The van der Waals surface area contributed by atoms with Crippen LogP contribution in [0.2, 0.25) is 0 Å². The van der Waals surface area contributed by atoms with Crippen LogP contribution in [-0.2, 0) is 11.2 Å². The van der Waals surface area contributed by atoms with E-state index in [1.54, 1.807) is 12.1 Å². The Balaban J connectivity index is 1.86. The number of piperidine rings is 1. The summed E-state index contributed by atoms with van der Waals surface area (Å²) in [6.07, 6.45) is 3.24. The summed E-state index contributed by atoms with van der Waals surface area (Å²) in [6, 6.07) is 6.86. The summed E-state index contributed by atoms with van der Waals surface area (Å²) in [5, 5.41) is 0. The highest BCUT2D eigenvalue weighted by Gasteiger charge is 2.25. The van der Waals surface area contributed by atoms with Gasteiger partial charge in [-0.25, -0.2) is 4.39 Å². The van der Waals surface area contributed by atoms with Gasteiger partial charge in [0.05, 0.1) is 0 Å². The van der Waals surface area contributed by atoms with Crippen molar-refractivity contribution in [2.45, 2.75) is 38.6 Å². The Morgan fingerprint density at radius 1 is 1.50 bits per heavy atom. The van der Waals surface area contributed by atoms with Crippen molar-refractivity contribution in [3.8, 4) is 0 Å². The number of aryl methyl sites for hydroxylation is 1. The number of rotatable bonds is 4. The summed E-state index contributed by atoms with van der Waals surface area (Å²) >= 11 is 0. The first kappa shape index (κ1) is 15.0. The minimum Gasteiger partial charge on any atom is -0.341 e. The molecule has 1 aromatic carbocycles. The highest BCUT2D eigenvalue weighted by molar-refractivity contribution is 5.78. The molecule has 110 valence electrons. The predicted octanol–water partition coefficient (Wildman–Crippen LogP) is 2.34. The number of amides is 1. The third-order valence-electron chi connectivity index (χ3n) is 4.00. The standard InChI is InChI=1S/C16H23FN2O/c1-12(8-9-13-5-2-3-7-15(13)17)16(20)19-10-4-6-14(18)11-19/h2-3,5,7,12,14H,4,6,8-11,18H2,1H3/t12-,14-/m0/s1.